The fourth-order valence-electron chi connectivity index (χ4n) is 1.06. The maximum atomic E-state index is 9.00. The van der Waals surface area contributed by atoms with Crippen molar-refractivity contribution in [3.63, 3.8) is 0 Å². The summed E-state index contributed by atoms with van der Waals surface area (Å²) in [7, 11) is 0. The van der Waals surface area contributed by atoms with Crippen LogP contribution in [0, 0.1) is 0 Å². The highest BCUT2D eigenvalue weighted by Crippen LogP contribution is 2.28. The molecule has 1 saturated heterocycles. The Morgan fingerprint density at radius 2 is 2.08 bits per heavy atom. The molecule has 0 unspecified atom stereocenters. The molecule has 0 aromatic carbocycles. The van der Waals surface area contributed by atoms with Crippen LogP contribution in [0.25, 0.3) is 0 Å². The Balaban J connectivity index is 2.54. The number of ether oxygens (including phenoxy) is 1. The van der Waals surface area contributed by atoms with Crippen LogP contribution in [-0.4, -0.2) is 56.4 Å². The van der Waals surface area contributed by atoms with Gasteiger partial charge in [-0.2, -0.15) is 0 Å². The van der Waals surface area contributed by atoms with Crippen LogP contribution >= 0.6 is 0 Å². The second-order valence-electron chi connectivity index (χ2n) is 2.86. The Morgan fingerprint density at radius 1 is 1.50 bits per heavy atom. The lowest BCUT2D eigenvalue weighted by molar-refractivity contribution is -0.263. The van der Waals surface area contributed by atoms with Gasteiger partial charge >= 0.3 is 0 Å². The molecule has 1 aliphatic heterocycles. The minimum Gasteiger partial charge on any atom is -0.394 e. The molecule has 1 aliphatic rings. The predicted octanol–water partition coefficient (Wildman–Crippen LogP) is -2.87. The third kappa shape index (κ3) is 1.74. The van der Waals surface area contributed by atoms with Crippen molar-refractivity contribution in [2.24, 2.45) is 0 Å². The summed E-state index contributed by atoms with van der Waals surface area (Å²) in [6.45, 7) is -0.548. The van der Waals surface area contributed by atoms with E-state index in [0.29, 0.717) is 0 Å². The smallest absolute Gasteiger partial charge is 0.218 e. The normalized spacial score (nSPS) is 36.8. The molecule has 0 amide bonds. The third-order valence-electron chi connectivity index (χ3n) is 1.82. The van der Waals surface area contributed by atoms with Crippen LogP contribution in [0.4, 0.5) is 0 Å². The van der Waals surface area contributed by atoms with Crippen molar-refractivity contribution in [1.82, 2.24) is 0 Å². The minimum atomic E-state index is -2.33. The predicted molar refractivity (Wildman–Crippen MR) is 35.8 cm³/mol. The molecule has 1 rings (SSSR count). The molecule has 6 nitrogen and oxygen atoms in total. The van der Waals surface area contributed by atoms with E-state index in [0.717, 1.165) is 0 Å². The Hall–Kier alpha value is -0.240. The summed E-state index contributed by atoms with van der Waals surface area (Å²) in [4.78, 5) is 0. The van der Waals surface area contributed by atoms with E-state index >= 15 is 0 Å². The molecule has 0 radical (unpaired) electrons. The number of aliphatic hydroxyl groups is 5. The van der Waals surface area contributed by atoms with Gasteiger partial charge in [-0.15, -0.1) is 0 Å². The SMILES string of the molecule is OC[C@@H](O)[C@@H]1CC(O)(O)[C@@H](O)O1. The summed E-state index contributed by atoms with van der Waals surface area (Å²) in [5.74, 6) is -2.33. The molecule has 0 saturated carbocycles. The summed E-state index contributed by atoms with van der Waals surface area (Å²) in [5.41, 5.74) is 0. The largest absolute Gasteiger partial charge is 0.394 e. The molecule has 0 bridgehead atoms. The van der Waals surface area contributed by atoms with Crippen LogP contribution in [0.3, 0.4) is 0 Å². The highest BCUT2D eigenvalue weighted by Gasteiger charge is 2.47. The molecular formula is C6H12O6. The lowest BCUT2D eigenvalue weighted by Crippen LogP contribution is -2.37. The molecule has 0 spiro atoms. The van der Waals surface area contributed by atoms with E-state index in [1.54, 1.807) is 0 Å². The highest BCUT2D eigenvalue weighted by molar-refractivity contribution is 4.85. The Labute approximate surface area is 68.6 Å². The van der Waals surface area contributed by atoms with Gasteiger partial charge in [-0.25, -0.2) is 0 Å². The molecule has 0 aromatic heterocycles. The second-order valence-corrected chi connectivity index (χ2v) is 2.86. The van der Waals surface area contributed by atoms with E-state index in [1.165, 1.54) is 0 Å². The van der Waals surface area contributed by atoms with E-state index < -0.39 is 30.9 Å². The van der Waals surface area contributed by atoms with Gasteiger partial charge in [0.15, 0.2) is 0 Å². The van der Waals surface area contributed by atoms with Gasteiger partial charge in [-0.1, -0.05) is 0 Å². The summed E-state index contributed by atoms with van der Waals surface area (Å²) >= 11 is 0. The lowest BCUT2D eigenvalue weighted by atomic mass is 10.1. The zero-order valence-corrected chi connectivity index (χ0v) is 6.29. The minimum absolute atomic E-state index is 0.324. The molecule has 0 aliphatic carbocycles. The van der Waals surface area contributed by atoms with E-state index in [2.05, 4.69) is 4.74 Å². The molecule has 12 heavy (non-hydrogen) atoms. The van der Waals surface area contributed by atoms with Crippen molar-refractivity contribution in [1.29, 1.82) is 0 Å². The van der Waals surface area contributed by atoms with Crippen molar-refractivity contribution in [2.75, 3.05) is 6.61 Å². The molecule has 3 atom stereocenters. The van der Waals surface area contributed by atoms with Gasteiger partial charge in [0.05, 0.1) is 12.7 Å². The van der Waals surface area contributed by atoms with Crippen molar-refractivity contribution in [3.05, 3.63) is 0 Å². The standard InChI is InChI=1S/C6H12O6/c7-2-3(8)4-1-6(10,11)5(9)12-4/h3-5,7-11H,1-2H2/t3-,4+,5+/m1/s1. The Morgan fingerprint density at radius 3 is 2.42 bits per heavy atom. The van der Waals surface area contributed by atoms with E-state index in [1.807, 2.05) is 0 Å². The fourth-order valence-corrected chi connectivity index (χ4v) is 1.06. The van der Waals surface area contributed by atoms with Gasteiger partial charge in [-0.05, 0) is 0 Å². The third-order valence-corrected chi connectivity index (χ3v) is 1.82. The number of rotatable bonds is 2. The van der Waals surface area contributed by atoms with Crippen molar-refractivity contribution >= 4 is 0 Å². The summed E-state index contributed by atoms with van der Waals surface area (Å²) < 4.78 is 4.57. The Kier molecular flexibility index (Phi) is 2.67. The molecule has 5 N–H and O–H groups in total. The lowest BCUT2D eigenvalue weighted by Gasteiger charge is -2.15. The van der Waals surface area contributed by atoms with E-state index in [9.17, 15) is 0 Å². The number of hydrogen-bond acceptors (Lipinski definition) is 6. The van der Waals surface area contributed by atoms with Gasteiger partial charge < -0.3 is 30.3 Å². The van der Waals surface area contributed by atoms with Crippen molar-refractivity contribution < 1.29 is 30.3 Å². The Bertz CT molecular complexity index is 158. The van der Waals surface area contributed by atoms with Crippen LogP contribution in [0.15, 0.2) is 0 Å². The van der Waals surface area contributed by atoms with Crippen molar-refractivity contribution in [2.45, 2.75) is 30.7 Å². The van der Waals surface area contributed by atoms with Crippen LogP contribution in [-0.2, 0) is 4.74 Å². The maximum Gasteiger partial charge on any atom is 0.218 e. The second kappa shape index (κ2) is 3.25. The van der Waals surface area contributed by atoms with Crippen LogP contribution in [0.5, 0.6) is 0 Å². The zero-order chi connectivity index (χ0) is 9.35. The van der Waals surface area contributed by atoms with Gasteiger partial charge in [0.25, 0.3) is 0 Å². The van der Waals surface area contributed by atoms with Gasteiger partial charge in [0, 0.05) is 6.42 Å². The van der Waals surface area contributed by atoms with E-state index in [4.69, 9.17) is 25.5 Å². The summed E-state index contributed by atoms with van der Waals surface area (Å²) in [5, 5.41) is 44.3. The van der Waals surface area contributed by atoms with Crippen LogP contribution in [0.2, 0.25) is 0 Å². The first-order valence-corrected chi connectivity index (χ1v) is 3.54. The number of aliphatic hydroxyl groups excluding tert-OH is 3. The van der Waals surface area contributed by atoms with E-state index in [-0.39, 0.29) is 6.42 Å². The topological polar surface area (TPSA) is 110 Å². The average Bonchev–Trinajstić information content (AvgIpc) is 2.25. The zero-order valence-electron chi connectivity index (χ0n) is 6.29. The average molecular weight is 180 g/mol. The molecule has 6 heteroatoms. The molecule has 72 valence electrons. The molecular weight excluding hydrogens is 168 g/mol. The first-order valence-electron chi connectivity index (χ1n) is 3.54. The fraction of sp³-hybridized carbons (Fsp3) is 1.00. The first-order chi connectivity index (χ1) is 5.47. The van der Waals surface area contributed by atoms with Crippen LogP contribution in [0.1, 0.15) is 6.42 Å². The van der Waals surface area contributed by atoms with Gasteiger partial charge in [0.2, 0.25) is 12.1 Å². The molecule has 1 heterocycles. The quantitative estimate of drug-likeness (QED) is 0.292. The maximum absolute atomic E-state index is 9.00. The van der Waals surface area contributed by atoms with Gasteiger partial charge in [0.1, 0.15) is 6.10 Å². The van der Waals surface area contributed by atoms with Crippen LogP contribution < -0.4 is 0 Å². The van der Waals surface area contributed by atoms with Gasteiger partial charge in [-0.3, -0.25) is 0 Å². The highest BCUT2D eigenvalue weighted by atomic mass is 16.7. The molecule has 0 aromatic rings. The summed E-state index contributed by atoms with van der Waals surface area (Å²) in [6.07, 6.45) is -4.21. The monoisotopic (exact) mass is 180 g/mol. The summed E-state index contributed by atoms with van der Waals surface area (Å²) in [6, 6.07) is 0. The molecule has 1 fully saturated rings. The van der Waals surface area contributed by atoms with Crippen molar-refractivity contribution in [3.8, 4) is 0 Å². The first kappa shape index (κ1) is 9.85. The number of hydrogen-bond donors (Lipinski definition) is 5.